The molecule has 0 aliphatic heterocycles. The standard InChI is InChI=1S/C34H54FOSi2/c1-7-11-12-13-14-15-18-25-38(28(5)6,26-19-24-37(8-2,9-3)10-4)36-29-22-23-31-30-20-16-17-21-32(30)34(35)33(31)27-29/h16,20-23,27-28,34H,7-15,18-19,24-26H2,1-6H3. The highest BCUT2D eigenvalue weighted by Gasteiger charge is 2.41. The smallest absolute Gasteiger partial charge is 0.253 e. The van der Waals surface area contributed by atoms with Crippen molar-refractivity contribution in [3.63, 3.8) is 0 Å². The number of fused-ring (bicyclic) bond motifs is 3. The fourth-order valence-electron chi connectivity index (χ4n) is 6.71. The van der Waals surface area contributed by atoms with Crippen LogP contribution in [0.15, 0.2) is 36.4 Å². The predicted molar refractivity (Wildman–Crippen MR) is 169 cm³/mol. The molecule has 2 aromatic carbocycles. The van der Waals surface area contributed by atoms with E-state index in [2.05, 4.69) is 59.7 Å². The van der Waals surface area contributed by atoms with Gasteiger partial charge in [0.15, 0.2) is 6.17 Å². The van der Waals surface area contributed by atoms with Gasteiger partial charge in [-0.25, -0.2) is 4.39 Å². The van der Waals surface area contributed by atoms with Crippen LogP contribution in [0, 0.1) is 6.07 Å². The molecular weight excluding hydrogens is 500 g/mol. The molecular formula is C34H54FOSi2. The van der Waals surface area contributed by atoms with E-state index >= 15 is 4.39 Å². The molecule has 4 heteroatoms. The molecule has 0 spiro atoms. The molecule has 0 N–H and O–H groups in total. The Bertz CT molecular complexity index is 978. The number of rotatable bonds is 18. The quantitative estimate of drug-likeness (QED) is 0.132. The molecule has 1 aliphatic carbocycles. The van der Waals surface area contributed by atoms with Crippen LogP contribution in [0.5, 0.6) is 5.75 Å². The molecule has 0 aromatic heterocycles. The van der Waals surface area contributed by atoms with Gasteiger partial charge in [-0.05, 0) is 58.6 Å². The molecule has 0 saturated heterocycles. The van der Waals surface area contributed by atoms with Crippen LogP contribution in [0.1, 0.15) is 110 Å². The third-order valence-electron chi connectivity index (χ3n) is 9.89. The Balaban J connectivity index is 1.79. The van der Waals surface area contributed by atoms with Crippen LogP contribution in [0.2, 0.25) is 41.8 Å². The fourth-order valence-corrected chi connectivity index (χ4v) is 14.6. The maximum atomic E-state index is 15.4. The lowest BCUT2D eigenvalue weighted by Gasteiger charge is -2.37. The minimum absolute atomic E-state index is 0.546. The minimum atomic E-state index is -2.07. The van der Waals surface area contributed by atoms with Gasteiger partial charge >= 0.3 is 0 Å². The molecule has 1 nitrogen and oxygen atoms in total. The second-order valence-electron chi connectivity index (χ2n) is 12.2. The number of benzene rings is 2. The number of unbranched alkanes of at least 4 members (excludes halogenated alkanes) is 6. The lowest BCUT2D eigenvalue weighted by Crippen LogP contribution is -2.45. The Kier molecular flexibility index (Phi) is 12.2. The highest BCUT2D eigenvalue weighted by molar-refractivity contribution is 6.80. The van der Waals surface area contributed by atoms with E-state index in [9.17, 15) is 0 Å². The van der Waals surface area contributed by atoms with Gasteiger partial charge in [0.05, 0.1) is 8.07 Å². The molecule has 2 aromatic rings. The molecule has 0 saturated carbocycles. The third kappa shape index (κ3) is 7.41. The van der Waals surface area contributed by atoms with Crippen LogP contribution in [-0.2, 0) is 0 Å². The van der Waals surface area contributed by atoms with E-state index in [1.807, 2.05) is 18.2 Å². The second-order valence-corrected chi connectivity index (χ2v) is 22.3. The van der Waals surface area contributed by atoms with Gasteiger partial charge in [-0.1, -0.05) is 135 Å². The molecule has 2 unspecified atom stereocenters. The fraction of sp³-hybridized carbons (Fsp3) is 0.647. The number of alkyl halides is 1. The van der Waals surface area contributed by atoms with E-state index in [4.69, 9.17) is 4.43 Å². The van der Waals surface area contributed by atoms with Gasteiger partial charge in [0, 0.05) is 5.56 Å². The first-order chi connectivity index (χ1) is 18.3. The molecule has 211 valence electrons. The van der Waals surface area contributed by atoms with Gasteiger partial charge in [0.1, 0.15) is 5.75 Å². The zero-order valence-electron chi connectivity index (χ0n) is 25.3. The Morgan fingerprint density at radius 2 is 1.42 bits per heavy atom. The molecule has 38 heavy (non-hydrogen) atoms. The van der Waals surface area contributed by atoms with Crippen molar-refractivity contribution < 1.29 is 8.82 Å². The molecule has 3 rings (SSSR count). The maximum absolute atomic E-state index is 15.4. The number of hydrogen-bond acceptors (Lipinski definition) is 1. The first-order valence-electron chi connectivity index (χ1n) is 15.8. The minimum Gasteiger partial charge on any atom is -0.543 e. The summed E-state index contributed by atoms with van der Waals surface area (Å²) in [5, 5.41) is 0. The third-order valence-corrected chi connectivity index (χ3v) is 20.9. The Morgan fingerprint density at radius 3 is 2.08 bits per heavy atom. The molecule has 0 bridgehead atoms. The molecule has 0 heterocycles. The van der Waals surface area contributed by atoms with Crippen molar-refractivity contribution in [3.05, 3.63) is 53.6 Å². The van der Waals surface area contributed by atoms with Crippen LogP contribution < -0.4 is 4.43 Å². The summed E-state index contributed by atoms with van der Waals surface area (Å²) in [5.74, 6) is 0.900. The van der Waals surface area contributed by atoms with Crippen LogP contribution >= 0.6 is 0 Å². The highest BCUT2D eigenvalue weighted by atomic mass is 28.4. The zero-order valence-corrected chi connectivity index (χ0v) is 27.3. The van der Waals surface area contributed by atoms with Crippen molar-refractivity contribution in [2.45, 2.75) is 141 Å². The van der Waals surface area contributed by atoms with Crippen molar-refractivity contribution in [2.75, 3.05) is 0 Å². The Hall–Kier alpha value is -1.40. The lowest BCUT2D eigenvalue weighted by molar-refractivity contribution is 0.408. The Labute approximate surface area is 236 Å². The highest BCUT2D eigenvalue weighted by Crippen LogP contribution is 2.47. The molecule has 2 atom stereocenters. The predicted octanol–water partition coefficient (Wildman–Crippen LogP) is 11.9. The van der Waals surface area contributed by atoms with Crippen LogP contribution in [-0.4, -0.2) is 16.4 Å². The number of halogens is 1. The summed E-state index contributed by atoms with van der Waals surface area (Å²) in [7, 11) is -3.21. The largest absolute Gasteiger partial charge is 0.543 e. The van der Waals surface area contributed by atoms with Crippen molar-refractivity contribution in [1.29, 1.82) is 0 Å². The van der Waals surface area contributed by atoms with Crippen molar-refractivity contribution in [3.8, 4) is 16.9 Å². The van der Waals surface area contributed by atoms with E-state index in [-0.39, 0.29) is 0 Å². The van der Waals surface area contributed by atoms with Crippen molar-refractivity contribution in [2.24, 2.45) is 0 Å². The van der Waals surface area contributed by atoms with Gasteiger partial charge in [-0.15, -0.1) is 0 Å². The zero-order chi connectivity index (χ0) is 27.6. The van der Waals surface area contributed by atoms with Crippen LogP contribution in [0.25, 0.3) is 11.1 Å². The van der Waals surface area contributed by atoms with Gasteiger partial charge < -0.3 is 4.43 Å². The van der Waals surface area contributed by atoms with Gasteiger partial charge in [0.25, 0.3) is 8.32 Å². The summed E-state index contributed by atoms with van der Waals surface area (Å²) in [6, 6.07) is 23.1. The van der Waals surface area contributed by atoms with Crippen molar-refractivity contribution in [1.82, 2.24) is 0 Å². The number of hydrogen-bond donors (Lipinski definition) is 0. The van der Waals surface area contributed by atoms with Gasteiger partial charge in [-0.3, -0.25) is 0 Å². The summed E-state index contributed by atoms with van der Waals surface area (Å²) < 4.78 is 22.6. The average molecular weight is 554 g/mol. The summed E-state index contributed by atoms with van der Waals surface area (Å²) >= 11 is 0. The van der Waals surface area contributed by atoms with Crippen LogP contribution in [0.3, 0.4) is 0 Å². The Morgan fingerprint density at radius 1 is 0.789 bits per heavy atom. The lowest BCUT2D eigenvalue weighted by atomic mass is 10.1. The van der Waals surface area contributed by atoms with E-state index in [0.29, 0.717) is 5.54 Å². The first-order valence-corrected chi connectivity index (χ1v) is 21.1. The monoisotopic (exact) mass is 553 g/mol. The molecule has 1 aliphatic rings. The van der Waals surface area contributed by atoms with Crippen LogP contribution in [0.4, 0.5) is 4.39 Å². The van der Waals surface area contributed by atoms with E-state index < -0.39 is 22.6 Å². The second kappa shape index (κ2) is 14.8. The van der Waals surface area contributed by atoms with Gasteiger partial charge in [-0.2, -0.15) is 0 Å². The summed E-state index contributed by atoms with van der Waals surface area (Å²) in [6.45, 7) is 14.4. The van der Waals surface area contributed by atoms with Crippen molar-refractivity contribution >= 4 is 16.4 Å². The summed E-state index contributed by atoms with van der Waals surface area (Å²) in [5.41, 5.74) is 4.09. The van der Waals surface area contributed by atoms with Gasteiger partial charge in [0.2, 0.25) is 0 Å². The summed E-state index contributed by atoms with van der Waals surface area (Å²) in [6.07, 6.45) is 9.56. The molecule has 0 fully saturated rings. The van der Waals surface area contributed by atoms with E-state index in [1.54, 1.807) is 6.07 Å². The topological polar surface area (TPSA) is 9.23 Å². The SMILES string of the molecule is CCCCCCCCC[Si](CCC[Si](CC)(CC)CC)(Oc1ccc2c(c1)C(F)c1c[c]ccc1-2)C(C)C. The normalized spacial score (nSPS) is 16.4. The summed E-state index contributed by atoms with van der Waals surface area (Å²) in [4.78, 5) is 0. The van der Waals surface area contributed by atoms with E-state index in [0.717, 1.165) is 28.0 Å². The maximum Gasteiger partial charge on any atom is 0.253 e. The first kappa shape index (κ1) is 31.1. The van der Waals surface area contributed by atoms with E-state index in [1.165, 1.54) is 87.6 Å². The average Bonchev–Trinajstić information content (AvgIpc) is 3.22. The molecule has 1 radical (unpaired) electrons. The molecule has 0 amide bonds.